The van der Waals surface area contributed by atoms with Gasteiger partial charge in [0.2, 0.25) is 0 Å². The van der Waals surface area contributed by atoms with E-state index >= 15 is 0 Å². The number of hydrogen-bond donors (Lipinski definition) is 3. The molecule has 1 rings (SSSR count). The van der Waals surface area contributed by atoms with E-state index in [1.54, 1.807) is 18.2 Å². The first-order valence-corrected chi connectivity index (χ1v) is 6.98. The van der Waals surface area contributed by atoms with Crippen LogP contribution in [0.25, 0.3) is 0 Å². The van der Waals surface area contributed by atoms with Crippen LogP contribution in [0.2, 0.25) is 0 Å². The summed E-state index contributed by atoms with van der Waals surface area (Å²) in [5.74, 6) is 0.368. The Morgan fingerprint density at radius 2 is 1.95 bits per heavy atom. The fourth-order valence-corrected chi connectivity index (χ4v) is 1.59. The molecule has 2 amide bonds. The van der Waals surface area contributed by atoms with Crippen LogP contribution in [0.1, 0.15) is 17.3 Å². The molecule has 1 aromatic rings. The van der Waals surface area contributed by atoms with Crippen LogP contribution in [-0.2, 0) is 4.79 Å². The zero-order chi connectivity index (χ0) is 16.5. The Labute approximate surface area is 130 Å². The van der Waals surface area contributed by atoms with E-state index in [2.05, 4.69) is 16.0 Å². The molecule has 0 bridgehead atoms. The highest BCUT2D eigenvalue weighted by atomic mass is 16.5. The lowest BCUT2D eigenvalue weighted by Gasteiger charge is -2.13. The fraction of sp³-hybridized carbons (Fsp3) is 0.467. The molecule has 122 valence electrons. The molecule has 7 nitrogen and oxygen atoms in total. The van der Waals surface area contributed by atoms with E-state index in [-0.39, 0.29) is 24.5 Å². The van der Waals surface area contributed by atoms with Crippen molar-refractivity contribution >= 4 is 11.8 Å². The maximum atomic E-state index is 12.1. The van der Waals surface area contributed by atoms with Gasteiger partial charge in [0.05, 0.1) is 7.11 Å². The van der Waals surface area contributed by atoms with Gasteiger partial charge in [-0.25, -0.2) is 0 Å². The van der Waals surface area contributed by atoms with Crippen molar-refractivity contribution in [2.45, 2.75) is 13.0 Å². The Kier molecular flexibility index (Phi) is 7.18. The van der Waals surface area contributed by atoms with Crippen molar-refractivity contribution in [2.24, 2.45) is 0 Å². The van der Waals surface area contributed by atoms with E-state index in [0.717, 1.165) is 0 Å². The SMILES string of the molecule is CNC(=O)COc1ccc(C(=O)NCC(C)NC)cc1OC. The van der Waals surface area contributed by atoms with Crippen LogP contribution in [0.5, 0.6) is 11.5 Å². The number of benzene rings is 1. The third-order valence-corrected chi connectivity index (χ3v) is 3.13. The molecule has 0 fully saturated rings. The molecular weight excluding hydrogens is 286 g/mol. The second-order valence-corrected chi connectivity index (χ2v) is 4.73. The number of carbonyl (C=O) groups is 2. The van der Waals surface area contributed by atoms with Gasteiger partial charge < -0.3 is 25.4 Å². The lowest BCUT2D eigenvalue weighted by molar-refractivity contribution is -0.122. The van der Waals surface area contributed by atoms with Crippen LogP contribution in [0, 0.1) is 0 Å². The van der Waals surface area contributed by atoms with E-state index in [0.29, 0.717) is 23.6 Å². The Hall–Kier alpha value is -2.28. The highest BCUT2D eigenvalue weighted by Crippen LogP contribution is 2.28. The van der Waals surface area contributed by atoms with Gasteiger partial charge in [-0.15, -0.1) is 0 Å². The molecule has 0 heterocycles. The summed E-state index contributed by atoms with van der Waals surface area (Å²) < 4.78 is 10.6. The zero-order valence-electron chi connectivity index (χ0n) is 13.4. The predicted octanol–water partition coefficient (Wildman–Crippen LogP) is 0.158. The molecule has 1 unspecified atom stereocenters. The number of nitrogens with one attached hydrogen (secondary N) is 3. The van der Waals surface area contributed by atoms with E-state index in [4.69, 9.17) is 9.47 Å². The van der Waals surface area contributed by atoms with Gasteiger partial charge in [-0.3, -0.25) is 9.59 Å². The van der Waals surface area contributed by atoms with Gasteiger partial charge in [0.15, 0.2) is 18.1 Å². The van der Waals surface area contributed by atoms with Crippen molar-refractivity contribution in [3.05, 3.63) is 23.8 Å². The summed E-state index contributed by atoms with van der Waals surface area (Å²) in [6.07, 6.45) is 0. The van der Waals surface area contributed by atoms with Gasteiger partial charge >= 0.3 is 0 Å². The van der Waals surface area contributed by atoms with Crippen LogP contribution in [0.3, 0.4) is 0 Å². The van der Waals surface area contributed by atoms with Gasteiger partial charge in [-0.2, -0.15) is 0 Å². The molecule has 0 aliphatic carbocycles. The minimum absolute atomic E-state index is 0.113. The summed E-state index contributed by atoms with van der Waals surface area (Å²) in [7, 11) is 4.84. The predicted molar refractivity (Wildman–Crippen MR) is 83.4 cm³/mol. The molecule has 0 aromatic heterocycles. The molecule has 0 aliphatic heterocycles. The topological polar surface area (TPSA) is 88.7 Å². The van der Waals surface area contributed by atoms with Crippen molar-refractivity contribution in [3.8, 4) is 11.5 Å². The monoisotopic (exact) mass is 309 g/mol. The molecule has 3 N–H and O–H groups in total. The third kappa shape index (κ3) is 5.25. The molecule has 7 heteroatoms. The minimum atomic E-state index is -0.245. The molecule has 22 heavy (non-hydrogen) atoms. The number of hydrogen-bond acceptors (Lipinski definition) is 5. The summed E-state index contributed by atoms with van der Waals surface area (Å²) in [5.41, 5.74) is 0.465. The van der Waals surface area contributed by atoms with Crippen molar-refractivity contribution in [1.82, 2.24) is 16.0 Å². The van der Waals surface area contributed by atoms with E-state index < -0.39 is 0 Å². The molecule has 0 radical (unpaired) electrons. The maximum Gasteiger partial charge on any atom is 0.257 e. The second kappa shape index (κ2) is 8.89. The number of rotatable bonds is 8. The van der Waals surface area contributed by atoms with Crippen LogP contribution >= 0.6 is 0 Å². The average Bonchev–Trinajstić information content (AvgIpc) is 2.56. The number of carbonyl (C=O) groups excluding carboxylic acids is 2. The Bertz CT molecular complexity index is 520. The Balaban J connectivity index is 2.74. The first kappa shape index (κ1) is 17.8. The summed E-state index contributed by atoms with van der Waals surface area (Å²) in [6, 6.07) is 5.00. The minimum Gasteiger partial charge on any atom is -0.493 e. The molecule has 0 spiro atoms. The normalized spacial score (nSPS) is 11.5. The Morgan fingerprint density at radius 3 is 2.55 bits per heavy atom. The zero-order valence-corrected chi connectivity index (χ0v) is 13.4. The number of amides is 2. The molecule has 0 saturated heterocycles. The lowest BCUT2D eigenvalue weighted by atomic mass is 10.2. The molecule has 1 atom stereocenters. The van der Waals surface area contributed by atoms with Gasteiger partial charge in [-0.05, 0) is 32.2 Å². The van der Waals surface area contributed by atoms with E-state index in [9.17, 15) is 9.59 Å². The average molecular weight is 309 g/mol. The highest BCUT2D eigenvalue weighted by molar-refractivity contribution is 5.94. The lowest BCUT2D eigenvalue weighted by Crippen LogP contribution is -2.37. The standard InChI is InChI=1S/C15H23N3O4/c1-10(16-2)8-18-15(20)11-5-6-12(13(7-11)21-4)22-9-14(19)17-3/h5-7,10,16H,8-9H2,1-4H3,(H,17,19)(H,18,20). The van der Waals surface area contributed by atoms with Crippen LogP contribution in [0.4, 0.5) is 0 Å². The third-order valence-electron chi connectivity index (χ3n) is 3.13. The maximum absolute atomic E-state index is 12.1. The number of likely N-dealkylation sites (N-methyl/N-ethyl adjacent to an activating group) is 2. The summed E-state index contributed by atoms with van der Waals surface area (Å²) in [5, 5.41) is 8.32. The van der Waals surface area contributed by atoms with Gasteiger partial charge in [-0.1, -0.05) is 0 Å². The van der Waals surface area contributed by atoms with Crippen molar-refractivity contribution in [3.63, 3.8) is 0 Å². The van der Waals surface area contributed by atoms with E-state index in [1.165, 1.54) is 14.2 Å². The van der Waals surface area contributed by atoms with Gasteiger partial charge in [0, 0.05) is 25.2 Å². The van der Waals surface area contributed by atoms with Gasteiger partial charge in [0.25, 0.3) is 11.8 Å². The summed E-state index contributed by atoms with van der Waals surface area (Å²) >= 11 is 0. The van der Waals surface area contributed by atoms with Crippen molar-refractivity contribution in [2.75, 3.05) is 34.4 Å². The number of methoxy groups -OCH3 is 1. The van der Waals surface area contributed by atoms with Crippen molar-refractivity contribution < 1.29 is 19.1 Å². The molecule has 1 aromatic carbocycles. The van der Waals surface area contributed by atoms with Gasteiger partial charge in [0.1, 0.15) is 0 Å². The van der Waals surface area contributed by atoms with Crippen LogP contribution < -0.4 is 25.4 Å². The van der Waals surface area contributed by atoms with Crippen LogP contribution in [-0.4, -0.2) is 52.2 Å². The smallest absolute Gasteiger partial charge is 0.257 e. The highest BCUT2D eigenvalue weighted by Gasteiger charge is 2.12. The van der Waals surface area contributed by atoms with Crippen molar-refractivity contribution in [1.29, 1.82) is 0 Å². The first-order valence-electron chi connectivity index (χ1n) is 6.98. The Morgan fingerprint density at radius 1 is 1.23 bits per heavy atom. The van der Waals surface area contributed by atoms with E-state index in [1.807, 2.05) is 14.0 Å². The fourth-order valence-electron chi connectivity index (χ4n) is 1.59. The quantitative estimate of drug-likeness (QED) is 0.636. The van der Waals surface area contributed by atoms with Crippen LogP contribution in [0.15, 0.2) is 18.2 Å². The number of ether oxygens (including phenoxy) is 2. The molecule has 0 saturated carbocycles. The summed E-state index contributed by atoms with van der Waals surface area (Å²) in [6.45, 7) is 2.38. The first-order chi connectivity index (χ1) is 10.5. The second-order valence-electron chi connectivity index (χ2n) is 4.73. The largest absolute Gasteiger partial charge is 0.493 e. The summed E-state index contributed by atoms with van der Waals surface area (Å²) in [4.78, 5) is 23.2. The molecule has 0 aliphatic rings. The molecular formula is C15H23N3O4.